The van der Waals surface area contributed by atoms with Crippen LogP contribution in [0.1, 0.15) is 27.2 Å². The molecule has 0 rings (SSSR count). The van der Waals surface area contributed by atoms with Gasteiger partial charge in [-0.1, -0.05) is 13.8 Å². The highest BCUT2D eigenvalue weighted by atomic mass is 16.3. The van der Waals surface area contributed by atoms with Gasteiger partial charge in [-0.2, -0.15) is 0 Å². The topological polar surface area (TPSA) is 61.4 Å². The molecule has 0 aliphatic carbocycles. The lowest BCUT2D eigenvalue weighted by atomic mass is 10.1. The van der Waals surface area contributed by atoms with Crippen LogP contribution in [0.5, 0.6) is 0 Å². The largest absolute Gasteiger partial charge is 0.392 e. The lowest BCUT2D eigenvalue weighted by Crippen LogP contribution is -2.36. The van der Waals surface area contributed by atoms with Gasteiger partial charge in [-0.3, -0.25) is 4.79 Å². The maximum atomic E-state index is 11.3. The molecule has 1 amide bonds. The molecule has 4 nitrogen and oxygen atoms in total. The van der Waals surface area contributed by atoms with Crippen molar-refractivity contribution < 1.29 is 9.90 Å². The fraction of sp³-hybridized carbons (Fsp3) is 0.900. The van der Waals surface area contributed by atoms with Crippen LogP contribution in [0.4, 0.5) is 0 Å². The zero-order valence-electron chi connectivity index (χ0n) is 9.34. The Morgan fingerprint density at radius 3 is 2.50 bits per heavy atom. The van der Waals surface area contributed by atoms with Crippen molar-refractivity contribution in [1.29, 1.82) is 0 Å². The van der Waals surface area contributed by atoms with Gasteiger partial charge in [0.25, 0.3) is 0 Å². The molecule has 4 heteroatoms. The van der Waals surface area contributed by atoms with Crippen molar-refractivity contribution in [2.45, 2.75) is 33.3 Å². The van der Waals surface area contributed by atoms with Gasteiger partial charge in [-0.15, -0.1) is 0 Å². The second-order valence-electron chi connectivity index (χ2n) is 3.65. The highest BCUT2D eigenvalue weighted by Crippen LogP contribution is 1.98. The standard InChI is InChI=1S/C10H22N2O2/c1-4-8(2)10(14)12-6-5-11-7-9(3)13/h8-9,11,13H,4-7H2,1-3H3,(H,12,14). The van der Waals surface area contributed by atoms with Crippen LogP contribution in [0.15, 0.2) is 0 Å². The molecular weight excluding hydrogens is 180 g/mol. The number of rotatable bonds is 7. The Morgan fingerprint density at radius 2 is 2.00 bits per heavy atom. The Bertz CT molecular complexity index is 160. The number of carbonyl (C=O) groups excluding carboxylic acids is 1. The minimum absolute atomic E-state index is 0.0896. The smallest absolute Gasteiger partial charge is 0.222 e. The number of carbonyl (C=O) groups is 1. The highest BCUT2D eigenvalue weighted by Gasteiger charge is 2.08. The third kappa shape index (κ3) is 6.86. The summed E-state index contributed by atoms with van der Waals surface area (Å²) in [7, 11) is 0. The van der Waals surface area contributed by atoms with Crippen LogP contribution < -0.4 is 10.6 Å². The van der Waals surface area contributed by atoms with Gasteiger partial charge < -0.3 is 15.7 Å². The summed E-state index contributed by atoms with van der Waals surface area (Å²) in [6.07, 6.45) is 0.535. The molecule has 0 saturated carbocycles. The fourth-order valence-corrected chi connectivity index (χ4v) is 0.945. The van der Waals surface area contributed by atoms with Gasteiger partial charge in [0.05, 0.1) is 6.10 Å². The predicted molar refractivity (Wildman–Crippen MR) is 57.0 cm³/mol. The molecule has 0 aliphatic rings. The van der Waals surface area contributed by atoms with Crippen molar-refractivity contribution in [3.05, 3.63) is 0 Å². The number of hydrogen-bond acceptors (Lipinski definition) is 3. The van der Waals surface area contributed by atoms with E-state index in [9.17, 15) is 4.79 Å². The molecule has 0 aromatic carbocycles. The van der Waals surface area contributed by atoms with Gasteiger partial charge in [0, 0.05) is 25.6 Å². The summed E-state index contributed by atoms with van der Waals surface area (Å²) in [5, 5.41) is 14.8. The van der Waals surface area contributed by atoms with Crippen molar-refractivity contribution in [3.63, 3.8) is 0 Å². The first kappa shape index (κ1) is 13.4. The number of nitrogens with one attached hydrogen (secondary N) is 2. The van der Waals surface area contributed by atoms with Crippen LogP contribution in [-0.2, 0) is 4.79 Å². The summed E-state index contributed by atoms with van der Waals surface area (Å²) in [5.74, 6) is 0.193. The van der Waals surface area contributed by atoms with Crippen molar-refractivity contribution in [1.82, 2.24) is 10.6 Å². The zero-order chi connectivity index (χ0) is 11.0. The van der Waals surface area contributed by atoms with E-state index < -0.39 is 0 Å². The summed E-state index contributed by atoms with van der Waals surface area (Å²) >= 11 is 0. The molecule has 0 aliphatic heterocycles. The van der Waals surface area contributed by atoms with Crippen molar-refractivity contribution >= 4 is 5.91 Å². The summed E-state index contributed by atoms with van der Waals surface area (Å²) in [6.45, 7) is 7.53. The third-order valence-electron chi connectivity index (χ3n) is 2.10. The molecule has 0 aromatic heterocycles. The lowest BCUT2D eigenvalue weighted by Gasteiger charge is -2.11. The van der Waals surface area contributed by atoms with E-state index in [1.165, 1.54) is 0 Å². The quantitative estimate of drug-likeness (QED) is 0.514. The molecule has 0 aromatic rings. The van der Waals surface area contributed by atoms with Crippen LogP contribution in [0.25, 0.3) is 0 Å². The Balaban J connectivity index is 3.32. The van der Waals surface area contributed by atoms with Gasteiger partial charge in [0.1, 0.15) is 0 Å². The molecule has 0 spiro atoms. The molecule has 2 unspecified atom stereocenters. The van der Waals surface area contributed by atoms with Gasteiger partial charge in [0.2, 0.25) is 5.91 Å². The average Bonchev–Trinajstić information content (AvgIpc) is 2.15. The summed E-state index contributed by atoms with van der Waals surface area (Å²) < 4.78 is 0. The van der Waals surface area contributed by atoms with Crippen LogP contribution in [0.3, 0.4) is 0 Å². The minimum atomic E-state index is -0.333. The van der Waals surface area contributed by atoms with Crippen molar-refractivity contribution in [2.24, 2.45) is 5.92 Å². The first-order valence-electron chi connectivity index (χ1n) is 5.24. The zero-order valence-corrected chi connectivity index (χ0v) is 9.34. The van der Waals surface area contributed by atoms with Crippen molar-refractivity contribution in [2.75, 3.05) is 19.6 Å². The summed E-state index contributed by atoms with van der Waals surface area (Å²) in [6, 6.07) is 0. The Labute approximate surface area is 86.1 Å². The Morgan fingerprint density at radius 1 is 1.36 bits per heavy atom. The molecule has 0 saturated heterocycles. The van der Waals surface area contributed by atoms with E-state index in [0.29, 0.717) is 19.6 Å². The van der Waals surface area contributed by atoms with Gasteiger partial charge in [-0.05, 0) is 13.3 Å². The molecule has 0 radical (unpaired) electrons. The maximum Gasteiger partial charge on any atom is 0.222 e. The second-order valence-corrected chi connectivity index (χ2v) is 3.65. The molecule has 3 N–H and O–H groups in total. The first-order chi connectivity index (χ1) is 6.57. The van der Waals surface area contributed by atoms with Gasteiger partial charge in [-0.25, -0.2) is 0 Å². The second kappa shape index (κ2) is 7.76. The van der Waals surface area contributed by atoms with Crippen LogP contribution in [-0.4, -0.2) is 36.8 Å². The number of amides is 1. The van der Waals surface area contributed by atoms with Crippen LogP contribution in [0.2, 0.25) is 0 Å². The van der Waals surface area contributed by atoms with E-state index in [1.807, 2.05) is 13.8 Å². The Hall–Kier alpha value is -0.610. The van der Waals surface area contributed by atoms with E-state index in [2.05, 4.69) is 10.6 Å². The number of aliphatic hydroxyl groups is 1. The van der Waals surface area contributed by atoms with Gasteiger partial charge in [0.15, 0.2) is 0 Å². The average molecular weight is 202 g/mol. The summed E-state index contributed by atoms with van der Waals surface area (Å²) in [4.78, 5) is 11.3. The van der Waals surface area contributed by atoms with Gasteiger partial charge >= 0.3 is 0 Å². The number of aliphatic hydroxyl groups excluding tert-OH is 1. The van der Waals surface area contributed by atoms with E-state index in [1.54, 1.807) is 6.92 Å². The fourth-order valence-electron chi connectivity index (χ4n) is 0.945. The van der Waals surface area contributed by atoms with E-state index in [-0.39, 0.29) is 17.9 Å². The molecule has 84 valence electrons. The molecule has 2 atom stereocenters. The first-order valence-corrected chi connectivity index (χ1v) is 5.24. The molecule has 0 heterocycles. The minimum Gasteiger partial charge on any atom is -0.392 e. The monoisotopic (exact) mass is 202 g/mol. The normalized spacial score (nSPS) is 14.9. The van der Waals surface area contributed by atoms with E-state index in [4.69, 9.17) is 5.11 Å². The lowest BCUT2D eigenvalue weighted by molar-refractivity contribution is -0.124. The van der Waals surface area contributed by atoms with Crippen LogP contribution >= 0.6 is 0 Å². The van der Waals surface area contributed by atoms with E-state index >= 15 is 0 Å². The molecule has 14 heavy (non-hydrogen) atoms. The highest BCUT2D eigenvalue weighted by molar-refractivity contribution is 5.78. The Kier molecular flexibility index (Phi) is 7.42. The molecule has 0 fully saturated rings. The third-order valence-corrected chi connectivity index (χ3v) is 2.10. The number of hydrogen-bond donors (Lipinski definition) is 3. The maximum absolute atomic E-state index is 11.3. The predicted octanol–water partition coefficient (Wildman–Crippen LogP) is 0.119. The van der Waals surface area contributed by atoms with Crippen molar-refractivity contribution in [3.8, 4) is 0 Å². The van der Waals surface area contributed by atoms with E-state index in [0.717, 1.165) is 6.42 Å². The summed E-state index contributed by atoms with van der Waals surface area (Å²) in [5.41, 5.74) is 0. The SMILES string of the molecule is CCC(C)C(=O)NCCNCC(C)O. The van der Waals surface area contributed by atoms with Crippen LogP contribution in [0, 0.1) is 5.92 Å². The molecular formula is C10H22N2O2. The molecule has 0 bridgehead atoms.